The second-order valence-electron chi connectivity index (χ2n) is 5.20. The van der Waals surface area contributed by atoms with E-state index in [2.05, 4.69) is 0 Å². The van der Waals surface area contributed by atoms with E-state index in [1.807, 2.05) is 6.92 Å². The third-order valence-electron chi connectivity index (χ3n) is 3.56. The van der Waals surface area contributed by atoms with Gasteiger partial charge in [0.25, 0.3) is 5.69 Å². The van der Waals surface area contributed by atoms with E-state index in [0.29, 0.717) is 5.56 Å². The number of carbonyl (C=O) groups is 1. The topological polar surface area (TPSA) is 69.4 Å². The Kier molecular flexibility index (Phi) is 3.83. The minimum absolute atomic E-state index is 0.0274. The van der Waals surface area contributed by atoms with Crippen molar-refractivity contribution in [2.45, 2.75) is 44.6 Å². The molecule has 0 saturated heterocycles. The van der Waals surface area contributed by atoms with Gasteiger partial charge < -0.3 is 4.74 Å². The lowest BCUT2D eigenvalue weighted by Crippen LogP contribution is -2.33. The Bertz CT molecular complexity index is 475. The number of nitro benzene ring substituents is 1. The second-order valence-corrected chi connectivity index (χ2v) is 5.20. The molecule has 2 rings (SSSR count). The number of nitro groups is 1. The molecule has 0 aromatic heterocycles. The van der Waals surface area contributed by atoms with Crippen LogP contribution >= 0.6 is 0 Å². The van der Waals surface area contributed by atoms with Gasteiger partial charge in [0, 0.05) is 12.1 Å². The molecule has 0 heterocycles. The van der Waals surface area contributed by atoms with Crippen molar-refractivity contribution in [3.05, 3.63) is 39.9 Å². The molecular formula is C14H17NO4. The highest BCUT2D eigenvalue weighted by molar-refractivity contribution is 5.89. The Hall–Kier alpha value is -1.91. The molecule has 1 saturated carbocycles. The number of hydrogen-bond acceptors (Lipinski definition) is 4. The molecule has 1 aromatic carbocycles. The van der Waals surface area contributed by atoms with E-state index >= 15 is 0 Å². The number of carbonyl (C=O) groups excluding carboxylic acids is 1. The van der Waals surface area contributed by atoms with Gasteiger partial charge in [0.15, 0.2) is 0 Å². The van der Waals surface area contributed by atoms with Crippen LogP contribution in [0.5, 0.6) is 0 Å². The van der Waals surface area contributed by atoms with Crippen LogP contribution in [0.1, 0.15) is 49.4 Å². The predicted octanol–water partition coefficient (Wildman–Crippen LogP) is 3.47. The quantitative estimate of drug-likeness (QED) is 0.475. The molecule has 0 bridgehead atoms. The average Bonchev–Trinajstić information content (AvgIpc) is 2.39. The zero-order chi connectivity index (χ0) is 13.9. The number of esters is 1. The van der Waals surface area contributed by atoms with E-state index in [-0.39, 0.29) is 5.69 Å². The molecule has 0 N–H and O–H groups in total. The van der Waals surface area contributed by atoms with E-state index in [4.69, 9.17) is 4.74 Å². The maximum Gasteiger partial charge on any atom is 0.338 e. The number of rotatable bonds is 3. The fourth-order valence-corrected chi connectivity index (χ4v) is 2.40. The smallest absolute Gasteiger partial charge is 0.338 e. The highest BCUT2D eigenvalue weighted by atomic mass is 16.6. The molecule has 0 aliphatic heterocycles. The molecule has 1 fully saturated rings. The van der Waals surface area contributed by atoms with Crippen molar-refractivity contribution in [1.82, 2.24) is 0 Å². The molecular weight excluding hydrogens is 246 g/mol. The van der Waals surface area contributed by atoms with Crippen LogP contribution in [0.4, 0.5) is 5.69 Å². The summed E-state index contributed by atoms with van der Waals surface area (Å²) in [6.45, 7) is 1.95. The number of hydrogen-bond donors (Lipinski definition) is 0. The van der Waals surface area contributed by atoms with Gasteiger partial charge in [-0.1, -0.05) is 6.42 Å². The van der Waals surface area contributed by atoms with E-state index in [1.165, 1.54) is 30.7 Å². The maximum absolute atomic E-state index is 12.0. The second kappa shape index (κ2) is 5.38. The standard InChI is InChI=1S/C14H17NO4/c1-14(9-3-2-4-10-14)19-13(16)11-5-7-12(8-6-11)15(17)18/h5-8H,2-4,9-10H2,1H3. The van der Waals surface area contributed by atoms with Gasteiger partial charge in [-0.25, -0.2) is 4.79 Å². The summed E-state index contributed by atoms with van der Waals surface area (Å²) in [7, 11) is 0. The summed E-state index contributed by atoms with van der Waals surface area (Å²) in [5.41, 5.74) is -0.0604. The van der Waals surface area contributed by atoms with Gasteiger partial charge in [0.05, 0.1) is 10.5 Å². The molecule has 102 valence electrons. The monoisotopic (exact) mass is 263 g/mol. The summed E-state index contributed by atoms with van der Waals surface area (Å²) in [5.74, 6) is -0.403. The van der Waals surface area contributed by atoms with Crippen molar-refractivity contribution in [3.63, 3.8) is 0 Å². The van der Waals surface area contributed by atoms with Crippen molar-refractivity contribution in [3.8, 4) is 0 Å². The molecule has 1 aliphatic rings. The predicted molar refractivity (Wildman–Crippen MR) is 70.0 cm³/mol. The van der Waals surface area contributed by atoms with Gasteiger partial charge in [0.1, 0.15) is 5.60 Å². The Labute approximate surface area is 111 Å². The van der Waals surface area contributed by atoms with Crippen LogP contribution in [0, 0.1) is 10.1 Å². The Morgan fingerprint density at radius 3 is 2.32 bits per heavy atom. The van der Waals surface area contributed by atoms with Crippen LogP contribution in [0.15, 0.2) is 24.3 Å². The van der Waals surface area contributed by atoms with Crippen LogP contribution in [0.25, 0.3) is 0 Å². The Morgan fingerprint density at radius 1 is 1.21 bits per heavy atom. The summed E-state index contributed by atoms with van der Waals surface area (Å²) >= 11 is 0. The third kappa shape index (κ3) is 3.30. The minimum atomic E-state index is -0.489. The van der Waals surface area contributed by atoms with E-state index < -0.39 is 16.5 Å². The Balaban J connectivity index is 2.05. The molecule has 0 unspecified atom stereocenters. The molecule has 1 aliphatic carbocycles. The molecule has 5 heteroatoms. The third-order valence-corrected chi connectivity index (χ3v) is 3.56. The summed E-state index contributed by atoms with van der Waals surface area (Å²) in [5, 5.41) is 10.5. The summed E-state index contributed by atoms with van der Waals surface area (Å²) in [6, 6.07) is 5.51. The van der Waals surface area contributed by atoms with Crippen LogP contribution in [0.3, 0.4) is 0 Å². The summed E-state index contributed by atoms with van der Waals surface area (Å²) in [4.78, 5) is 22.1. The zero-order valence-electron chi connectivity index (χ0n) is 10.9. The first-order chi connectivity index (χ1) is 9.00. The minimum Gasteiger partial charge on any atom is -0.456 e. The van der Waals surface area contributed by atoms with Crippen molar-refractivity contribution in [1.29, 1.82) is 0 Å². The molecule has 19 heavy (non-hydrogen) atoms. The first-order valence-corrected chi connectivity index (χ1v) is 6.48. The number of nitrogens with zero attached hydrogens (tertiary/aromatic N) is 1. The molecule has 1 aromatic rings. The molecule has 0 amide bonds. The average molecular weight is 263 g/mol. The molecule has 0 atom stereocenters. The van der Waals surface area contributed by atoms with Gasteiger partial charge in [0.2, 0.25) is 0 Å². The Morgan fingerprint density at radius 2 is 1.79 bits per heavy atom. The zero-order valence-corrected chi connectivity index (χ0v) is 10.9. The van der Waals surface area contributed by atoms with Gasteiger partial charge in [-0.15, -0.1) is 0 Å². The van der Waals surface area contributed by atoms with Crippen LogP contribution in [-0.4, -0.2) is 16.5 Å². The van der Waals surface area contributed by atoms with Gasteiger partial charge in [-0.05, 0) is 44.7 Å². The summed E-state index contributed by atoms with van der Waals surface area (Å²) in [6.07, 6.45) is 5.09. The highest BCUT2D eigenvalue weighted by Gasteiger charge is 2.31. The van der Waals surface area contributed by atoms with E-state index in [1.54, 1.807) is 0 Å². The summed E-state index contributed by atoms with van der Waals surface area (Å²) < 4.78 is 5.56. The normalized spacial score (nSPS) is 17.7. The van der Waals surface area contributed by atoms with Crippen LogP contribution in [0.2, 0.25) is 0 Å². The number of non-ortho nitro benzene ring substituents is 1. The van der Waals surface area contributed by atoms with Crippen molar-refractivity contribution in [2.24, 2.45) is 0 Å². The van der Waals surface area contributed by atoms with Crippen LogP contribution < -0.4 is 0 Å². The fraction of sp³-hybridized carbons (Fsp3) is 0.500. The highest BCUT2D eigenvalue weighted by Crippen LogP contribution is 2.31. The van der Waals surface area contributed by atoms with Crippen molar-refractivity contribution >= 4 is 11.7 Å². The van der Waals surface area contributed by atoms with Crippen LogP contribution in [-0.2, 0) is 4.74 Å². The van der Waals surface area contributed by atoms with Gasteiger partial charge >= 0.3 is 5.97 Å². The molecule has 0 spiro atoms. The molecule has 5 nitrogen and oxygen atoms in total. The van der Waals surface area contributed by atoms with E-state index in [0.717, 1.165) is 25.7 Å². The van der Waals surface area contributed by atoms with E-state index in [9.17, 15) is 14.9 Å². The molecule has 0 radical (unpaired) electrons. The first-order valence-electron chi connectivity index (χ1n) is 6.48. The van der Waals surface area contributed by atoms with Crippen molar-refractivity contribution in [2.75, 3.05) is 0 Å². The van der Waals surface area contributed by atoms with Gasteiger partial charge in [-0.2, -0.15) is 0 Å². The van der Waals surface area contributed by atoms with Crippen molar-refractivity contribution < 1.29 is 14.5 Å². The SMILES string of the molecule is CC1(OC(=O)c2ccc([N+](=O)[O-])cc2)CCCCC1. The maximum atomic E-state index is 12.0. The fourth-order valence-electron chi connectivity index (χ4n) is 2.40. The first kappa shape index (κ1) is 13.5. The largest absolute Gasteiger partial charge is 0.456 e. The number of ether oxygens (including phenoxy) is 1. The lowest BCUT2D eigenvalue weighted by atomic mass is 9.86. The lowest BCUT2D eigenvalue weighted by molar-refractivity contribution is -0.384. The number of benzene rings is 1. The van der Waals surface area contributed by atoms with Gasteiger partial charge in [-0.3, -0.25) is 10.1 Å². The lowest BCUT2D eigenvalue weighted by Gasteiger charge is -2.33.